The van der Waals surface area contributed by atoms with E-state index in [0.717, 1.165) is 0 Å². The molecular formula is C10H19Br. The maximum Gasteiger partial charge on any atom is 0.0161 e. The Morgan fingerprint density at radius 3 is 1.45 bits per heavy atom. The molecule has 0 saturated carbocycles. The van der Waals surface area contributed by atoms with E-state index in [1.165, 1.54) is 15.6 Å². The Morgan fingerprint density at radius 2 is 1.36 bits per heavy atom. The van der Waals surface area contributed by atoms with Crippen LogP contribution in [0.3, 0.4) is 0 Å². The SMILES string of the molecule is CC.CC(C)=CC(Br)=C(C)C. The maximum atomic E-state index is 3.45. The highest BCUT2D eigenvalue weighted by Crippen LogP contribution is 2.14. The smallest absolute Gasteiger partial charge is 0.0161 e. The monoisotopic (exact) mass is 218 g/mol. The van der Waals surface area contributed by atoms with Crippen LogP contribution in [0, 0.1) is 0 Å². The number of rotatable bonds is 1. The lowest BCUT2D eigenvalue weighted by molar-refractivity contribution is 1.34. The number of hydrogen-bond acceptors (Lipinski definition) is 0. The molecule has 0 rings (SSSR count). The fraction of sp³-hybridized carbons (Fsp3) is 0.600. The van der Waals surface area contributed by atoms with Gasteiger partial charge in [0, 0.05) is 4.48 Å². The van der Waals surface area contributed by atoms with Crippen LogP contribution in [0.4, 0.5) is 0 Å². The van der Waals surface area contributed by atoms with Gasteiger partial charge >= 0.3 is 0 Å². The van der Waals surface area contributed by atoms with Crippen molar-refractivity contribution in [1.29, 1.82) is 0 Å². The van der Waals surface area contributed by atoms with Crippen molar-refractivity contribution in [2.45, 2.75) is 41.5 Å². The minimum absolute atomic E-state index is 1.20. The molecule has 0 aromatic heterocycles. The fourth-order valence-electron chi connectivity index (χ4n) is 0.398. The van der Waals surface area contributed by atoms with Crippen LogP contribution in [0.1, 0.15) is 41.5 Å². The van der Waals surface area contributed by atoms with Crippen LogP contribution in [0.2, 0.25) is 0 Å². The second-order valence-electron chi connectivity index (χ2n) is 2.57. The van der Waals surface area contributed by atoms with E-state index < -0.39 is 0 Å². The van der Waals surface area contributed by atoms with E-state index in [1.54, 1.807) is 0 Å². The van der Waals surface area contributed by atoms with E-state index in [2.05, 4.69) is 49.7 Å². The molecule has 0 fully saturated rings. The number of halogens is 1. The molecule has 0 saturated heterocycles. The molecule has 11 heavy (non-hydrogen) atoms. The molecule has 0 aromatic carbocycles. The van der Waals surface area contributed by atoms with Crippen LogP contribution < -0.4 is 0 Å². The molecule has 0 aliphatic rings. The van der Waals surface area contributed by atoms with Gasteiger partial charge in [-0.05, 0) is 33.8 Å². The molecule has 0 unspecified atom stereocenters. The third-order valence-corrected chi connectivity index (χ3v) is 1.91. The van der Waals surface area contributed by atoms with Crippen LogP contribution >= 0.6 is 15.9 Å². The Bertz CT molecular complexity index is 144. The molecule has 1 heteroatoms. The lowest BCUT2D eigenvalue weighted by atomic mass is 10.2. The summed E-state index contributed by atoms with van der Waals surface area (Å²) in [6.45, 7) is 12.3. The van der Waals surface area contributed by atoms with Crippen molar-refractivity contribution < 1.29 is 0 Å². The third kappa shape index (κ3) is 9.96. The summed E-state index contributed by atoms with van der Waals surface area (Å²) < 4.78 is 1.20. The Balaban J connectivity index is 0. The summed E-state index contributed by atoms with van der Waals surface area (Å²) in [5, 5.41) is 0. The molecule has 0 atom stereocenters. The first-order chi connectivity index (χ1) is 5.04. The third-order valence-electron chi connectivity index (χ3n) is 0.893. The lowest BCUT2D eigenvalue weighted by Gasteiger charge is -1.93. The molecule has 0 aromatic rings. The van der Waals surface area contributed by atoms with E-state index in [9.17, 15) is 0 Å². The zero-order chi connectivity index (χ0) is 9.44. The summed E-state index contributed by atoms with van der Waals surface area (Å²) in [5.41, 5.74) is 2.64. The average Bonchev–Trinajstić information content (AvgIpc) is 1.90. The van der Waals surface area contributed by atoms with Crippen molar-refractivity contribution in [3.05, 3.63) is 21.7 Å². The Labute approximate surface area is 79.5 Å². The van der Waals surface area contributed by atoms with Gasteiger partial charge in [0.1, 0.15) is 0 Å². The van der Waals surface area contributed by atoms with Gasteiger partial charge in [0.15, 0.2) is 0 Å². The molecule has 0 heterocycles. The van der Waals surface area contributed by atoms with Crippen LogP contribution in [0.5, 0.6) is 0 Å². The molecule has 0 spiro atoms. The first-order valence-electron chi connectivity index (χ1n) is 4.02. The Kier molecular flexibility index (Phi) is 9.92. The number of hydrogen-bond donors (Lipinski definition) is 0. The van der Waals surface area contributed by atoms with Crippen molar-refractivity contribution in [3.63, 3.8) is 0 Å². The molecule has 0 amide bonds. The zero-order valence-electron chi connectivity index (χ0n) is 8.46. The van der Waals surface area contributed by atoms with Gasteiger partial charge in [-0.3, -0.25) is 0 Å². The van der Waals surface area contributed by atoms with Gasteiger partial charge in [-0.1, -0.05) is 40.9 Å². The predicted octanol–water partition coefficient (Wildman–Crippen LogP) is 4.67. The molecule has 0 aliphatic carbocycles. The van der Waals surface area contributed by atoms with Gasteiger partial charge in [-0.15, -0.1) is 0 Å². The van der Waals surface area contributed by atoms with Gasteiger partial charge in [0.25, 0.3) is 0 Å². The molecular weight excluding hydrogens is 200 g/mol. The van der Waals surface area contributed by atoms with Gasteiger partial charge in [-0.25, -0.2) is 0 Å². The van der Waals surface area contributed by atoms with Gasteiger partial charge in [0.05, 0.1) is 0 Å². The first-order valence-corrected chi connectivity index (χ1v) is 4.81. The molecule has 66 valence electrons. The Morgan fingerprint density at radius 1 is 1.00 bits per heavy atom. The Hall–Kier alpha value is -0.0400. The summed E-state index contributed by atoms with van der Waals surface area (Å²) >= 11 is 3.45. The predicted molar refractivity (Wildman–Crippen MR) is 58.1 cm³/mol. The van der Waals surface area contributed by atoms with Crippen LogP contribution in [-0.4, -0.2) is 0 Å². The maximum absolute atomic E-state index is 3.45. The summed E-state index contributed by atoms with van der Waals surface area (Å²) in [6, 6.07) is 0. The highest BCUT2D eigenvalue weighted by molar-refractivity contribution is 9.11. The zero-order valence-corrected chi connectivity index (χ0v) is 10.0. The number of allylic oxidation sites excluding steroid dienone is 4. The topological polar surface area (TPSA) is 0 Å². The average molecular weight is 219 g/mol. The fourth-order valence-corrected chi connectivity index (χ4v) is 0.856. The largest absolute Gasteiger partial charge is 0.0753 e. The molecule has 0 N–H and O–H groups in total. The lowest BCUT2D eigenvalue weighted by Crippen LogP contribution is -1.70. The van der Waals surface area contributed by atoms with Crippen LogP contribution in [0.15, 0.2) is 21.7 Å². The molecule has 0 radical (unpaired) electrons. The summed E-state index contributed by atoms with van der Waals surface area (Å²) in [7, 11) is 0. The van der Waals surface area contributed by atoms with E-state index in [-0.39, 0.29) is 0 Å². The van der Waals surface area contributed by atoms with Gasteiger partial charge < -0.3 is 0 Å². The van der Waals surface area contributed by atoms with Gasteiger partial charge in [0.2, 0.25) is 0 Å². The minimum Gasteiger partial charge on any atom is -0.0753 e. The van der Waals surface area contributed by atoms with Crippen molar-refractivity contribution in [1.82, 2.24) is 0 Å². The van der Waals surface area contributed by atoms with Crippen molar-refractivity contribution in [2.24, 2.45) is 0 Å². The molecule has 0 nitrogen and oxygen atoms in total. The van der Waals surface area contributed by atoms with Crippen molar-refractivity contribution in [2.75, 3.05) is 0 Å². The summed E-state index contributed by atoms with van der Waals surface area (Å²) in [4.78, 5) is 0. The van der Waals surface area contributed by atoms with Crippen molar-refractivity contribution >= 4 is 15.9 Å². The normalized spacial score (nSPS) is 7.55. The quantitative estimate of drug-likeness (QED) is 0.562. The summed E-state index contributed by atoms with van der Waals surface area (Å²) in [5.74, 6) is 0. The van der Waals surface area contributed by atoms with Gasteiger partial charge in [-0.2, -0.15) is 0 Å². The second kappa shape index (κ2) is 8.06. The van der Waals surface area contributed by atoms with E-state index >= 15 is 0 Å². The van der Waals surface area contributed by atoms with E-state index in [0.29, 0.717) is 0 Å². The second-order valence-corrected chi connectivity index (χ2v) is 3.42. The standard InChI is InChI=1S/C8H13Br.C2H6/c1-6(2)5-8(9)7(3)4;1-2/h5H,1-4H3;1-2H3. The highest BCUT2D eigenvalue weighted by Gasteiger charge is 1.86. The molecule has 0 bridgehead atoms. The van der Waals surface area contributed by atoms with Crippen LogP contribution in [0.25, 0.3) is 0 Å². The highest BCUT2D eigenvalue weighted by atomic mass is 79.9. The van der Waals surface area contributed by atoms with E-state index in [1.807, 2.05) is 13.8 Å². The summed E-state index contributed by atoms with van der Waals surface area (Å²) in [6.07, 6.45) is 2.12. The van der Waals surface area contributed by atoms with Crippen LogP contribution in [-0.2, 0) is 0 Å². The van der Waals surface area contributed by atoms with E-state index in [4.69, 9.17) is 0 Å². The van der Waals surface area contributed by atoms with Crippen molar-refractivity contribution in [3.8, 4) is 0 Å². The molecule has 0 aliphatic heterocycles. The minimum atomic E-state index is 1.20. The first kappa shape index (κ1) is 13.5.